The molecule has 2 aromatic heterocycles. The first-order valence-electron chi connectivity index (χ1n) is 13.8. The first kappa shape index (κ1) is 42.8. The van der Waals surface area contributed by atoms with Gasteiger partial charge in [0.1, 0.15) is 24.8 Å². The number of carbonyl (C=O) groups is 5. The normalized spacial score (nSPS) is 22.9. The van der Waals surface area contributed by atoms with E-state index in [1.54, 1.807) is 0 Å². The molecule has 2 amide bonds. The van der Waals surface area contributed by atoms with Crippen LogP contribution < -0.4 is 10.6 Å². The molecule has 27 nitrogen and oxygen atoms in total. The topological polar surface area (TPSA) is 401 Å². The van der Waals surface area contributed by atoms with Crippen molar-refractivity contribution in [3.63, 3.8) is 0 Å². The monoisotopic (exact) mass is 823 g/mol. The number of aliphatic hydroxyl groups is 2. The van der Waals surface area contributed by atoms with E-state index in [1.807, 2.05) is 5.32 Å². The molecule has 0 aromatic carbocycles. The van der Waals surface area contributed by atoms with Crippen LogP contribution in [0.1, 0.15) is 19.6 Å². The number of nitroso groups, excluding NO2 is 1. The van der Waals surface area contributed by atoms with E-state index in [0.29, 0.717) is 12.7 Å². The van der Waals surface area contributed by atoms with Gasteiger partial charge in [0.05, 0.1) is 6.33 Å². The van der Waals surface area contributed by atoms with Crippen molar-refractivity contribution < 1.29 is 90.1 Å². The smallest absolute Gasteiger partial charge is 0.386 e. The summed E-state index contributed by atoms with van der Waals surface area (Å²) in [5.74, 6) is -6.49. The van der Waals surface area contributed by atoms with Crippen LogP contribution in [0, 0.1) is 10.3 Å². The second-order valence-corrected chi connectivity index (χ2v) is 14.9. The molecule has 3 rings (SSSR count). The van der Waals surface area contributed by atoms with Crippen LogP contribution in [0.5, 0.6) is 0 Å². The number of ether oxygens (including phenoxy) is 1. The van der Waals surface area contributed by atoms with Gasteiger partial charge in [-0.3, -0.25) is 33.3 Å². The molecular formula is C21H28N7O20P3S. The maximum atomic E-state index is 12.9. The lowest BCUT2D eigenvalue weighted by Crippen LogP contribution is -2.51. The number of rotatable bonds is 18. The quantitative estimate of drug-likeness (QED) is 0.0244. The fourth-order valence-corrected chi connectivity index (χ4v) is 6.86. The number of nitrogens with zero attached hydrogens (tertiary/aromatic N) is 5. The summed E-state index contributed by atoms with van der Waals surface area (Å²) in [6.07, 6.45) is -10.8. The maximum absolute atomic E-state index is 12.9. The summed E-state index contributed by atoms with van der Waals surface area (Å²) < 4.78 is 59.2. The second kappa shape index (κ2) is 17.0. The lowest BCUT2D eigenvalue weighted by atomic mass is 9.85. The van der Waals surface area contributed by atoms with E-state index in [-0.39, 0.29) is 30.4 Å². The van der Waals surface area contributed by atoms with Crippen molar-refractivity contribution in [1.82, 2.24) is 30.2 Å². The number of amides is 2. The average molecular weight is 823 g/mol. The highest BCUT2D eigenvalue weighted by Gasteiger charge is 2.55. The van der Waals surface area contributed by atoms with Gasteiger partial charge in [-0.1, -0.05) is 0 Å². The molecule has 3 heterocycles. The van der Waals surface area contributed by atoms with Gasteiger partial charge in [0.15, 0.2) is 35.0 Å². The van der Waals surface area contributed by atoms with Crippen molar-refractivity contribution in [3.8, 4) is 0 Å². The van der Waals surface area contributed by atoms with Crippen molar-refractivity contribution in [2.75, 3.05) is 18.8 Å². The summed E-state index contributed by atoms with van der Waals surface area (Å²) in [5.41, 5.74) is -3.54. The number of hydrogen-bond acceptors (Lipinski definition) is 21. The predicted octanol–water partition coefficient (Wildman–Crippen LogP) is -2.62. The Bertz CT molecular complexity index is 1860. The third-order valence-electron chi connectivity index (χ3n) is 6.60. The van der Waals surface area contributed by atoms with E-state index in [9.17, 15) is 72.4 Å². The number of aromatic nitrogens is 4. The van der Waals surface area contributed by atoms with Crippen LogP contribution in [0.4, 0.5) is 5.82 Å². The lowest BCUT2D eigenvalue weighted by molar-refractivity contribution is -0.161. The van der Waals surface area contributed by atoms with Gasteiger partial charge in [-0.05, 0) is 12.1 Å². The minimum atomic E-state index is -6.25. The zero-order chi connectivity index (χ0) is 39.2. The third-order valence-corrected chi connectivity index (χ3v) is 9.80. The first-order chi connectivity index (χ1) is 24.1. The molecule has 1 fully saturated rings. The van der Waals surface area contributed by atoms with Gasteiger partial charge >= 0.3 is 35.4 Å². The summed E-state index contributed by atoms with van der Waals surface area (Å²) in [6, 6.07) is 0. The molecular weight excluding hydrogens is 795 g/mol. The van der Waals surface area contributed by atoms with E-state index < -0.39 is 95.6 Å². The van der Waals surface area contributed by atoms with Gasteiger partial charge in [0.2, 0.25) is 11.7 Å². The highest BCUT2D eigenvalue weighted by Crippen LogP contribution is 2.61. The number of hydrogen-bond donors (Lipinski definition) is 9. The molecule has 288 valence electrons. The van der Waals surface area contributed by atoms with Crippen LogP contribution in [-0.2, 0) is 60.3 Å². The Morgan fingerprint density at radius 2 is 1.75 bits per heavy atom. The molecule has 8 atom stereocenters. The number of phosphoric acid groups is 3. The summed E-state index contributed by atoms with van der Waals surface area (Å²) in [5, 5.41) is 28.1. The molecule has 0 radical (unpaired) electrons. The molecule has 1 saturated heterocycles. The molecule has 0 aliphatic carbocycles. The molecule has 52 heavy (non-hydrogen) atoms. The van der Waals surface area contributed by atoms with Gasteiger partial charge < -0.3 is 49.2 Å². The zero-order valence-electron chi connectivity index (χ0n) is 25.9. The molecule has 1 aliphatic heterocycles. The molecule has 31 heteroatoms. The number of aliphatic hydroxyl groups excluding tert-OH is 2. The Morgan fingerprint density at radius 1 is 1.10 bits per heavy atom. The minimum absolute atomic E-state index is 0.198. The lowest BCUT2D eigenvalue weighted by Gasteiger charge is -2.26. The standard InChI is InChI=1S/C21H28N7O20P3S/c1-21(6-29,14(32)17(33)23-3-2-9(30)22-4-5-52)20(35)47-51(42,43)48-50(40,41)46-19(34)13-12(45-49(37,38)39)11(31)18(44-13)28-8-26-10-15(27-36)24-7-25-16(10)28/h6-8,11-14,18,31-32,52H,2-5H2,1H3,(H,22,30)(H,23,33)(H,40,41)(H,42,43)(H2,37,38,39)/t11-,12+,13+,14+,18-,21?/m1/s1. The molecule has 0 spiro atoms. The van der Waals surface area contributed by atoms with Crippen LogP contribution in [-0.4, -0.2) is 123 Å². The number of carbonyl (C=O) groups excluding carboxylic acids is 5. The fraction of sp³-hybridized carbons (Fsp3) is 0.524. The molecule has 0 saturated carbocycles. The predicted molar refractivity (Wildman–Crippen MR) is 165 cm³/mol. The van der Waals surface area contributed by atoms with E-state index in [2.05, 4.69) is 56.0 Å². The van der Waals surface area contributed by atoms with E-state index in [1.165, 1.54) is 0 Å². The number of phosphoric ester groups is 3. The number of thiol groups is 1. The minimum Gasteiger partial charge on any atom is -0.386 e. The van der Waals surface area contributed by atoms with Gasteiger partial charge in [-0.25, -0.2) is 33.4 Å². The second-order valence-electron chi connectivity index (χ2n) is 10.3. The van der Waals surface area contributed by atoms with Crippen molar-refractivity contribution in [2.24, 2.45) is 10.6 Å². The summed E-state index contributed by atoms with van der Waals surface area (Å²) in [6.45, 7) is 0.341. The first-order valence-corrected chi connectivity index (χ1v) is 19.0. The molecule has 8 N–H and O–H groups in total. The molecule has 1 aliphatic rings. The number of fused-ring (bicyclic) bond motifs is 1. The Hall–Kier alpha value is -3.62. The third kappa shape index (κ3) is 10.5. The average Bonchev–Trinajstić information content (AvgIpc) is 3.61. The van der Waals surface area contributed by atoms with Gasteiger partial charge in [0, 0.05) is 25.3 Å². The Morgan fingerprint density at radius 3 is 2.35 bits per heavy atom. The van der Waals surface area contributed by atoms with Gasteiger partial charge in [-0.15, -0.1) is 4.91 Å². The summed E-state index contributed by atoms with van der Waals surface area (Å²) in [7, 11) is -18.1. The Balaban J connectivity index is 1.74. The van der Waals surface area contributed by atoms with Crippen molar-refractivity contribution in [1.29, 1.82) is 0 Å². The van der Waals surface area contributed by atoms with Crippen molar-refractivity contribution in [2.45, 2.75) is 44.0 Å². The highest BCUT2D eigenvalue weighted by atomic mass is 32.1. The molecule has 2 aromatic rings. The van der Waals surface area contributed by atoms with Gasteiger partial charge in [-0.2, -0.15) is 16.9 Å². The van der Waals surface area contributed by atoms with Crippen molar-refractivity contribution >= 4 is 83.1 Å². The van der Waals surface area contributed by atoms with Crippen LogP contribution in [0.2, 0.25) is 0 Å². The van der Waals surface area contributed by atoms with Crippen LogP contribution in [0.15, 0.2) is 17.8 Å². The van der Waals surface area contributed by atoms with Crippen LogP contribution in [0.3, 0.4) is 0 Å². The summed E-state index contributed by atoms with van der Waals surface area (Å²) in [4.78, 5) is 122. The van der Waals surface area contributed by atoms with E-state index >= 15 is 0 Å². The van der Waals surface area contributed by atoms with E-state index in [4.69, 9.17) is 4.74 Å². The van der Waals surface area contributed by atoms with Crippen LogP contribution >= 0.6 is 36.1 Å². The van der Waals surface area contributed by atoms with Crippen molar-refractivity contribution in [3.05, 3.63) is 17.6 Å². The van der Waals surface area contributed by atoms with Gasteiger partial charge in [0.25, 0.3) is 5.91 Å². The van der Waals surface area contributed by atoms with E-state index in [0.717, 1.165) is 17.2 Å². The zero-order valence-corrected chi connectivity index (χ0v) is 29.4. The molecule has 0 bridgehead atoms. The number of imidazole rings is 1. The number of nitrogens with one attached hydrogen (secondary N) is 2. The fourth-order valence-electron chi connectivity index (χ4n) is 4.15. The molecule has 3 unspecified atom stereocenters. The van der Waals surface area contributed by atoms with Crippen LogP contribution in [0.25, 0.3) is 11.2 Å². The number of aldehydes is 1. The Labute approximate surface area is 294 Å². The SMILES string of the molecule is CC(C=O)(C(=O)OP(=O)(O)OP(=O)(O)OC(=O)[C@H]1O[C@@H](n2cnc3c(N=O)ncnc32)[C@H](O)[C@@H]1OP(=O)(O)O)[C@@H](O)C(=O)NCCC(=O)NCCS. The largest absolute Gasteiger partial charge is 0.539 e. The maximum Gasteiger partial charge on any atom is 0.539 e. The summed E-state index contributed by atoms with van der Waals surface area (Å²) >= 11 is 3.89. The highest BCUT2D eigenvalue weighted by molar-refractivity contribution is 7.80. The Kier molecular flexibility index (Phi) is 14.0.